The van der Waals surface area contributed by atoms with E-state index in [2.05, 4.69) is 0 Å². The van der Waals surface area contributed by atoms with Gasteiger partial charge in [-0.15, -0.1) is 0 Å². The number of hydrogen-bond donors (Lipinski definition) is 5. The molecule has 1 aliphatic heterocycles. The van der Waals surface area contributed by atoms with E-state index in [9.17, 15) is 15.0 Å². The third-order valence-electron chi connectivity index (χ3n) is 2.25. The lowest BCUT2D eigenvalue weighted by molar-refractivity contribution is -0.214. The van der Waals surface area contributed by atoms with Crippen molar-refractivity contribution in [2.75, 3.05) is 6.61 Å². The van der Waals surface area contributed by atoms with Gasteiger partial charge in [-0.3, -0.25) is 4.79 Å². The van der Waals surface area contributed by atoms with Gasteiger partial charge in [-0.25, -0.2) is 0 Å². The minimum atomic E-state index is -1.53. The van der Waals surface area contributed by atoms with Crippen LogP contribution in [0.2, 0.25) is 0 Å². The number of ether oxygens (including phenoxy) is 1. The van der Waals surface area contributed by atoms with Gasteiger partial charge in [0.25, 0.3) is 0 Å². The topological polar surface area (TPSA) is 133 Å². The number of carboxylic acids is 1. The van der Waals surface area contributed by atoms with E-state index in [0.717, 1.165) is 0 Å². The van der Waals surface area contributed by atoms with Crippen LogP contribution in [0, 0.1) is 5.92 Å². The first kappa shape index (κ1) is 11.3. The van der Waals surface area contributed by atoms with Gasteiger partial charge in [0.15, 0.2) is 0 Å². The first-order valence-electron chi connectivity index (χ1n) is 4.10. The molecule has 0 radical (unpaired) electrons. The maximum Gasteiger partial charge on any atom is 0.313 e. The van der Waals surface area contributed by atoms with Crippen molar-refractivity contribution in [1.82, 2.24) is 0 Å². The normalized spacial score (nSPS) is 43.6. The molecule has 1 rings (SSSR count). The van der Waals surface area contributed by atoms with Crippen molar-refractivity contribution >= 4 is 5.97 Å². The molecule has 1 heterocycles. The average molecular weight is 207 g/mol. The molecule has 5 atom stereocenters. The fourth-order valence-electron chi connectivity index (χ4n) is 1.43. The highest BCUT2D eigenvalue weighted by Crippen LogP contribution is 2.23. The number of rotatable bonds is 2. The van der Waals surface area contributed by atoms with Gasteiger partial charge in [0.1, 0.15) is 24.4 Å². The Bertz CT molecular complexity index is 222. The van der Waals surface area contributed by atoms with Crippen LogP contribution in [0.3, 0.4) is 0 Å². The Labute approximate surface area is 79.7 Å². The summed E-state index contributed by atoms with van der Waals surface area (Å²) < 4.78 is 4.83. The molecule has 14 heavy (non-hydrogen) atoms. The summed E-state index contributed by atoms with van der Waals surface area (Å²) in [5.74, 6) is -2.73. The molecule has 1 unspecified atom stereocenters. The molecule has 82 valence electrons. The Morgan fingerprint density at radius 1 is 1.36 bits per heavy atom. The van der Waals surface area contributed by atoms with Gasteiger partial charge in [-0.1, -0.05) is 0 Å². The molecule has 1 aliphatic rings. The molecule has 7 nitrogen and oxygen atoms in total. The highest BCUT2D eigenvalue weighted by Gasteiger charge is 2.46. The van der Waals surface area contributed by atoms with Crippen LogP contribution in [0.25, 0.3) is 0 Å². The number of carbonyl (C=O) groups is 1. The summed E-state index contributed by atoms with van der Waals surface area (Å²) in [5, 5.41) is 36.1. The second-order valence-electron chi connectivity index (χ2n) is 3.17. The van der Waals surface area contributed by atoms with Crippen LogP contribution in [0.5, 0.6) is 0 Å². The van der Waals surface area contributed by atoms with Crippen molar-refractivity contribution < 1.29 is 30.0 Å². The van der Waals surface area contributed by atoms with Crippen molar-refractivity contribution in [1.29, 1.82) is 0 Å². The quantitative estimate of drug-likeness (QED) is 0.327. The summed E-state index contributed by atoms with van der Waals surface area (Å²) in [6.45, 7) is -0.529. The van der Waals surface area contributed by atoms with Crippen molar-refractivity contribution in [3.05, 3.63) is 0 Å². The number of carboxylic acid groups (broad SMARTS) is 1. The SMILES string of the molecule is N[C@H]1O[C@H](CO)C(O)[C@H](O)[C@H]1C(=O)O. The van der Waals surface area contributed by atoms with Crippen LogP contribution >= 0.6 is 0 Å². The molecule has 0 aromatic heterocycles. The zero-order valence-electron chi connectivity index (χ0n) is 7.28. The minimum Gasteiger partial charge on any atom is -0.481 e. The molecule has 1 saturated heterocycles. The molecular formula is C7H13NO6. The van der Waals surface area contributed by atoms with Gasteiger partial charge in [0, 0.05) is 0 Å². The zero-order chi connectivity index (χ0) is 10.9. The Hall–Kier alpha value is -0.730. The molecule has 0 amide bonds. The van der Waals surface area contributed by atoms with Gasteiger partial charge in [-0.05, 0) is 0 Å². The highest BCUT2D eigenvalue weighted by atomic mass is 16.5. The van der Waals surface area contributed by atoms with Gasteiger partial charge < -0.3 is 30.9 Å². The first-order chi connectivity index (χ1) is 6.49. The maximum absolute atomic E-state index is 10.6. The third-order valence-corrected chi connectivity index (χ3v) is 2.25. The number of aliphatic hydroxyl groups excluding tert-OH is 3. The fraction of sp³-hybridized carbons (Fsp3) is 0.857. The lowest BCUT2D eigenvalue weighted by atomic mass is 9.90. The molecule has 6 N–H and O–H groups in total. The Morgan fingerprint density at radius 3 is 2.36 bits per heavy atom. The van der Waals surface area contributed by atoms with Crippen molar-refractivity contribution in [2.45, 2.75) is 24.5 Å². The van der Waals surface area contributed by atoms with Crippen molar-refractivity contribution in [3.63, 3.8) is 0 Å². The van der Waals surface area contributed by atoms with E-state index in [0.29, 0.717) is 0 Å². The second kappa shape index (κ2) is 4.20. The number of aliphatic hydroxyl groups is 3. The van der Waals surface area contributed by atoms with E-state index in [1.54, 1.807) is 0 Å². The van der Waals surface area contributed by atoms with Crippen LogP contribution in [-0.2, 0) is 9.53 Å². The molecule has 0 bridgehead atoms. The van der Waals surface area contributed by atoms with Crippen LogP contribution in [0.1, 0.15) is 0 Å². The predicted octanol–water partition coefficient (Wildman–Crippen LogP) is -2.92. The average Bonchev–Trinajstić information content (AvgIpc) is 2.10. The summed E-state index contributed by atoms with van der Waals surface area (Å²) >= 11 is 0. The Morgan fingerprint density at radius 2 is 1.93 bits per heavy atom. The first-order valence-corrected chi connectivity index (χ1v) is 4.10. The molecule has 0 spiro atoms. The van der Waals surface area contributed by atoms with Crippen LogP contribution in [0.4, 0.5) is 0 Å². The summed E-state index contributed by atoms with van der Waals surface area (Å²) in [7, 11) is 0. The van der Waals surface area contributed by atoms with Gasteiger partial charge in [0.2, 0.25) is 0 Å². The fourth-order valence-corrected chi connectivity index (χ4v) is 1.43. The van der Waals surface area contributed by atoms with Crippen LogP contribution in [0.15, 0.2) is 0 Å². The highest BCUT2D eigenvalue weighted by molar-refractivity contribution is 5.71. The van der Waals surface area contributed by atoms with Crippen molar-refractivity contribution in [2.24, 2.45) is 11.7 Å². The van der Waals surface area contributed by atoms with E-state index >= 15 is 0 Å². The third kappa shape index (κ3) is 1.86. The summed E-state index contributed by atoms with van der Waals surface area (Å²) in [6.07, 6.45) is -5.26. The molecule has 7 heteroatoms. The number of aliphatic carboxylic acids is 1. The maximum atomic E-state index is 10.6. The molecule has 0 aromatic rings. The van der Waals surface area contributed by atoms with E-state index in [1.165, 1.54) is 0 Å². The summed E-state index contributed by atoms with van der Waals surface area (Å²) in [4.78, 5) is 10.6. The molecule has 0 aromatic carbocycles. The molecular weight excluding hydrogens is 194 g/mol. The smallest absolute Gasteiger partial charge is 0.313 e. The van der Waals surface area contributed by atoms with Crippen molar-refractivity contribution in [3.8, 4) is 0 Å². The van der Waals surface area contributed by atoms with Gasteiger partial charge in [0.05, 0.1) is 12.7 Å². The lowest BCUT2D eigenvalue weighted by Gasteiger charge is -2.38. The van der Waals surface area contributed by atoms with Crippen LogP contribution in [-0.4, -0.2) is 57.5 Å². The standard InChI is InChI=1S/C7H13NO6/c8-6-3(7(12)13)5(11)4(10)2(1-9)14-6/h2-6,9-11H,1,8H2,(H,12,13)/t2-,3-,4?,5-,6+/m1/s1. The van der Waals surface area contributed by atoms with Crippen LogP contribution < -0.4 is 5.73 Å². The molecule has 0 aliphatic carbocycles. The Kier molecular flexibility index (Phi) is 3.40. The Balaban J connectivity index is 2.79. The molecule has 0 saturated carbocycles. The lowest BCUT2D eigenvalue weighted by Crippen LogP contribution is -2.60. The van der Waals surface area contributed by atoms with E-state index < -0.39 is 43.0 Å². The number of hydrogen-bond acceptors (Lipinski definition) is 6. The number of nitrogens with two attached hydrogens (primary N) is 1. The predicted molar refractivity (Wildman–Crippen MR) is 43.1 cm³/mol. The van der Waals surface area contributed by atoms with Gasteiger partial charge in [-0.2, -0.15) is 0 Å². The second-order valence-corrected chi connectivity index (χ2v) is 3.17. The monoisotopic (exact) mass is 207 g/mol. The van der Waals surface area contributed by atoms with E-state index in [-0.39, 0.29) is 0 Å². The summed E-state index contributed by atoms with van der Waals surface area (Å²) in [6, 6.07) is 0. The largest absolute Gasteiger partial charge is 0.481 e. The molecule has 1 fully saturated rings. The van der Waals surface area contributed by atoms with E-state index in [1.807, 2.05) is 0 Å². The minimum absolute atomic E-state index is 0.529. The summed E-state index contributed by atoms with van der Waals surface area (Å²) in [5.41, 5.74) is 5.31. The van der Waals surface area contributed by atoms with Gasteiger partial charge >= 0.3 is 5.97 Å². The zero-order valence-corrected chi connectivity index (χ0v) is 7.28. The van der Waals surface area contributed by atoms with E-state index in [4.69, 9.17) is 20.7 Å².